The Kier molecular flexibility index (Phi) is 9.54. The third kappa shape index (κ3) is 7.14. The molecule has 0 bridgehead atoms. The summed E-state index contributed by atoms with van der Waals surface area (Å²) >= 11 is 1.48. The van der Waals surface area contributed by atoms with Gasteiger partial charge in [0.25, 0.3) is 5.91 Å². The Bertz CT molecular complexity index is 1300. The third-order valence-electron chi connectivity index (χ3n) is 6.83. The lowest BCUT2D eigenvalue weighted by atomic mass is 9.97. The van der Waals surface area contributed by atoms with Gasteiger partial charge in [-0.05, 0) is 54.8 Å². The van der Waals surface area contributed by atoms with E-state index in [2.05, 4.69) is 10.3 Å². The largest absolute Gasteiger partial charge is 0.497 e. The quantitative estimate of drug-likeness (QED) is 0.351. The molecule has 1 fully saturated rings. The molecule has 3 aromatic rings. The van der Waals surface area contributed by atoms with E-state index in [0.29, 0.717) is 48.1 Å². The molecule has 1 saturated heterocycles. The Labute approximate surface area is 232 Å². The summed E-state index contributed by atoms with van der Waals surface area (Å²) in [5, 5.41) is 5.59. The first kappa shape index (κ1) is 28.1. The van der Waals surface area contributed by atoms with E-state index in [1.165, 1.54) is 11.3 Å². The average Bonchev–Trinajstić information content (AvgIpc) is 3.49. The Hall–Kier alpha value is -3.92. The molecule has 39 heavy (non-hydrogen) atoms. The second-order valence-corrected chi connectivity index (χ2v) is 10.1. The number of methoxy groups -OCH3 is 3. The molecule has 0 saturated carbocycles. The number of benzene rings is 2. The number of nitrogens with one attached hydrogen (secondary N) is 1. The first-order chi connectivity index (χ1) is 18.9. The number of aromatic nitrogens is 1. The van der Waals surface area contributed by atoms with Crippen LogP contribution in [0.2, 0.25) is 0 Å². The van der Waals surface area contributed by atoms with Crippen LogP contribution in [0.15, 0.2) is 47.8 Å². The maximum absolute atomic E-state index is 12.7. The monoisotopic (exact) mass is 551 g/mol. The first-order valence-electron chi connectivity index (χ1n) is 12.8. The Morgan fingerprint density at radius 1 is 0.949 bits per heavy atom. The number of piperidine rings is 1. The van der Waals surface area contributed by atoms with Crippen LogP contribution < -0.4 is 19.5 Å². The Morgan fingerprint density at radius 2 is 1.67 bits per heavy atom. The maximum Gasteiger partial charge on any atom is 0.271 e. The van der Waals surface area contributed by atoms with Crippen LogP contribution in [0.3, 0.4) is 0 Å². The van der Waals surface area contributed by atoms with Crippen LogP contribution in [0.5, 0.6) is 17.2 Å². The minimum atomic E-state index is -0.235. The van der Waals surface area contributed by atoms with E-state index in [4.69, 9.17) is 14.2 Å². The number of carbonyl (C=O) groups excluding carboxylic acids is 3. The highest BCUT2D eigenvalue weighted by Crippen LogP contribution is 2.31. The molecule has 0 spiro atoms. The molecule has 1 aliphatic heterocycles. The van der Waals surface area contributed by atoms with Crippen molar-refractivity contribution in [1.29, 1.82) is 0 Å². The van der Waals surface area contributed by atoms with Crippen molar-refractivity contribution in [2.75, 3.05) is 34.4 Å². The van der Waals surface area contributed by atoms with Gasteiger partial charge in [0.15, 0.2) is 17.3 Å². The lowest BCUT2D eigenvalue weighted by molar-refractivity contribution is -0.132. The molecule has 1 N–H and O–H groups in total. The topological polar surface area (TPSA) is 107 Å². The molecule has 9 nitrogen and oxygen atoms in total. The van der Waals surface area contributed by atoms with Gasteiger partial charge in [0.2, 0.25) is 5.91 Å². The van der Waals surface area contributed by atoms with Crippen LogP contribution in [0, 0.1) is 0 Å². The fourth-order valence-electron chi connectivity index (χ4n) is 4.52. The zero-order valence-electron chi connectivity index (χ0n) is 22.4. The number of thiazole rings is 1. The molecule has 0 atom stereocenters. The molecule has 4 rings (SSSR count). The van der Waals surface area contributed by atoms with Crippen molar-refractivity contribution < 1.29 is 28.6 Å². The molecule has 2 heterocycles. The van der Waals surface area contributed by atoms with E-state index < -0.39 is 0 Å². The van der Waals surface area contributed by atoms with E-state index >= 15 is 0 Å². The molecular formula is C29H33N3O6S. The van der Waals surface area contributed by atoms with Gasteiger partial charge in [0, 0.05) is 49.3 Å². The van der Waals surface area contributed by atoms with Crippen LogP contribution in [-0.2, 0) is 11.3 Å². The molecule has 2 amide bonds. The van der Waals surface area contributed by atoms with Crippen LogP contribution in [0.1, 0.15) is 63.0 Å². The summed E-state index contributed by atoms with van der Waals surface area (Å²) in [6.07, 6.45) is 1.92. The summed E-state index contributed by atoms with van der Waals surface area (Å²) in [4.78, 5) is 44.2. The lowest BCUT2D eigenvalue weighted by Crippen LogP contribution is -2.38. The summed E-state index contributed by atoms with van der Waals surface area (Å²) < 4.78 is 15.7. The fraction of sp³-hybridized carbons (Fsp3) is 0.379. The van der Waals surface area contributed by atoms with Gasteiger partial charge >= 0.3 is 0 Å². The first-order valence-corrected chi connectivity index (χ1v) is 13.7. The van der Waals surface area contributed by atoms with Gasteiger partial charge in [-0.15, -0.1) is 11.3 Å². The minimum Gasteiger partial charge on any atom is -0.497 e. The van der Waals surface area contributed by atoms with Gasteiger partial charge in [-0.2, -0.15) is 0 Å². The van der Waals surface area contributed by atoms with Crippen molar-refractivity contribution in [2.45, 2.75) is 38.1 Å². The van der Waals surface area contributed by atoms with Crippen molar-refractivity contribution in [3.05, 3.63) is 69.7 Å². The van der Waals surface area contributed by atoms with Crippen molar-refractivity contribution >= 4 is 28.9 Å². The average molecular weight is 552 g/mol. The highest BCUT2D eigenvalue weighted by atomic mass is 32.1. The minimum absolute atomic E-state index is 0.00956. The number of hydrogen-bond donors (Lipinski definition) is 1. The summed E-state index contributed by atoms with van der Waals surface area (Å²) in [6, 6.07) is 12.4. The Balaban J connectivity index is 1.22. The van der Waals surface area contributed by atoms with Crippen molar-refractivity contribution in [3.63, 3.8) is 0 Å². The predicted octanol–water partition coefficient (Wildman–Crippen LogP) is 4.47. The van der Waals surface area contributed by atoms with E-state index in [-0.39, 0.29) is 36.4 Å². The van der Waals surface area contributed by atoms with Gasteiger partial charge in [-0.1, -0.05) is 6.07 Å². The van der Waals surface area contributed by atoms with E-state index in [1.54, 1.807) is 57.0 Å². The van der Waals surface area contributed by atoms with Crippen molar-refractivity contribution in [3.8, 4) is 17.2 Å². The zero-order valence-corrected chi connectivity index (χ0v) is 23.2. The van der Waals surface area contributed by atoms with Gasteiger partial charge in [-0.3, -0.25) is 14.4 Å². The summed E-state index contributed by atoms with van der Waals surface area (Å²) in [5.74, 6) is 1.83. The second-order valence-electron chi connectivity index (χ2n) is 9.25. The van der Waals surface area contributed by atoms with Crippen molar-refractivity contribution in [2.24, 2.45) is 0 Å². The van der Waals surface area contributed by atoms with Crippen LogP contribution in [0.25, 0.3) is 0 Å². The number of amides is 2. The smallest absolute Gasteiger partial charge is 0.271 e. The molecule has 206 valence electrons. The zero-order chi connectivity index (χ0) is 27.8. The number of nitrogens with zero attached hydrogens (tertiary/aromatic N) is 2. The van der Waals surface area contributed by atoms with E-state index in [0.717, 1.165) is 23.4 Å². The highest BCUT2D eigenvalue weighted by molar-refractivity contribution is 7.09. The van der Waals surface area contributed by atoms with E-state index in [1.807, 2.05) is 17.0 Å². The van der Waals surface area contributed by atoms with Crippen LogP contribution in [0.4, 0.5) is 0 Å². The molecule has 2 aromatic carbocycles. The fourth-order valence-corrected chi connectivity index (χ4v) is 5.49. The number of Topliss-reactive ketones (excluding diaryl/α,β-unsaturated/α-hetero) is 1. The number of rotatable bonds is 11. The Morgan fingerprint density at radius 3 is 2.33 bits per heavy atom. The SMILES string of the molecule is COc1ccc(C(=O)CCC(=O)N2CCC(c3nc(C(=O)NCc4ccc(OC)c(OC)c4)cs3)CC2)cc1. The third-order valence-corrected chi connectivity index (χ3v) is 7.84. The van der Waals surface area contributed by atoms with Crippen LogP contribution >= 0.6 is 11.3 Å². The molecule has 1 aliphatic rings. The van der Waals surface area contributed by atoms with Gasteiger partial charge < -0.3 is 24.4 Å². The molecule has 0 aliphatic carbocycles. The number of hydrogen-bond acceptors (Lipinski definition) is 8. The summed E-state index contributed by atoms with van der Waals surface area (Å²) in [7, 11) is 4.73. The standard InChI is InChI=1S/C29H33N3O6S/c1-36-22-7-5-20(6-8-22)24(33)9-11-27(34)32-14-12-21(13-15-32)29-31-23(18-39-29)28(35)30-17-19-4-10-25(37-2)26(16-19)38-3/h4-8,10,16,18,21H,9,11-15,17H2,1-3H3,(H,30,35). The lowest BCUT2D eigenvalue weighted by Gasteiger charge is -2.31. The van der Waals surface area contributed by atoms with Gasteiger partial charge in [0.05, 0.1) is 26.3 Å². The number of likely N-dealkylation sites (tertiary alicyclic amines) is 1. The molecule has 1 aromatic heterocycles. The van der Waals surface area contributed by atoms with Gasteiger partial charge in [0.1, 0.15) is 11.4 Å². The van der Waals surface area contributed by atoms with Crippen LogP contribution in [-0.4, -0.2) is 61.9 Å². The van der Waals surface area contributed by atoms with Gasteiger partial charge in [-0.25, -0.2) is 4.98 Å². The summed E-state index contributed by atoms with van der Waals surface area (Å²) in [5.41, 5.74) is 1.86. The second kappa shape index (κ2) is 13.2. The predicted molar refractivity (Wildman–Crippen MR) is 148 cm³/mol. The number of carbonyl (C=O) groups is 3. The normalized spacial score (nSPS) is 13.6. The summed E-state index contributed by atoms with van der Waals surface area (Å²) in [6.45, 7) is 1.56. The van der Waals surface area contributed by atoms with Crippen molar-refractivity contribution in [1.82, 2.24) is 15.2 Å². The molecule has 10 heteroatoms. The maximum atomic E-state index is 12.7. The molecule has 0 unspecified atom stereocenters. The molecular weight excluding hydrogens is 518 g/mol. The van der Waals surface area contributed by atoms with E-state index in [9.17, 15) is 14.4 Å². The number of ketones is 1. The molecule has 0 radical (unpaired) electrons. The number of ether oxygens (including phenoxy) is 3. The highest BCUT2D eigenvalue weighted by Gasteiger charge is 2.26.